The van der Waals surface area contributed by atoms with Gasteiger partial charge in [0.25, 0.3) is 5.91 Å². The predicted octanol–water partition coefficient (Wildman–Crippen LogP) is 2.77. The number of benzene rings is 1. The molecule has 1 unspecified atom stereocenters. The monoisotopic (exact) mass is 407 g/mol. The number of nitrogens with zero attached hydrogens (tertiary/aromatic N) is 2. The van der Waals surface area contributed by atoms with E-state index >= 15 is 0 Å². The third-order valence-corrected chi connectivity index (χ3v) is 7.09. The predicted molar refractivity (Wildman–Crippen MR) is 112 cm³/mol. The summed E-state index contributed by atoms with van der Waals surface area (Å²) in [6, 6.07) is 8.16. The smallest absolute Gasteiger partial charge is 0.264 e. The number of carbonyl (C=O) groups excluding carboxylic acids is 2. The molecule has 1 aromatic carbocycles. The van der Waals surface area contributed by atoms with Gasteiger partial charge in [0.05, 0.1) is 4.88 Å². The lowest BCUT2D eigenvalue weighted by atomic mass is 9.88. The second-order valence-electron chi connectivity index (χ2n) is 7.38. The molecule has 2 aromatic rings. The van der Waals surface area contributed by atoms with Crippen molar-refractivity contribution in [3.63, 3.8) is 0 Å². The van der Waals surface area contributed by atoms with Crippen LogP contribution >= 0.6 is 23.7 Å². The maximum atomic E-state index is 13.0. The molecule has 3 heterocycles. The van der Waals surface area contributed by atoms with Crippen LogP contribution in [-0.2, 0) is 4.79 Å². The van der Waals surface area contributed by atoms with Crippen LogP contribution < -0.4 is 5.32 Å². The van der Waals surface area contributed by atoms with Gasteiger partial charge in [-0.25, -0.2) is 0 Å². The molecule has 2 aliphatic rings. The molecule has 1 N–H and O–H groups in total. The van der Waals surface area contributed by atoms with E-state index in [9.17, 15) is 9.59 Å². The SMILES string of the molecule is Cc1c(C(=O)N2CCN(C(=O)C(C)C3CNC3)CC2)sc2ccccc12.Cl. The number of rotatable bonds is 3. The fourth-order valence-electron chi connectivity index (χ4n) is 3.81. The summed E-state index contributed by atoms with van der Waals surface area (Å²) in [6.45, 7) is 8.46. The molecule has 0 spiro atoms. The first-order chi connectivity index (χ1) is 12.6. The van der Waals surface area contributed by atoms with Crippen LogP contribution in [0.5, 0.6) is 0 Å². The Balaban J connectivity index is 0.00000210. The summed E-state index contributed by atoms with van der Waals surface area (Å²) in [5.41, 5.74) is 1.07. The van der Waals surface area contributed by atoms with Gasteiger partial charge in [-0.1, -0.05) is 25.1 Å². The van der Waals surface area contributed by atoms with Crippen molar-refractivity contribution in [2.75, 3.05) is 39.3 Å². The van der Waals surface area contributed by atoms with Gasteiger partial charge in [0.15, 0.2) is 0 Å². The summed E-state index contributed by atoms with van der Waals surface area (Å²) in [5, 5.41) is 4.40. The number of hydrogen-bond donors (Lipinski definition) is 1. The molecule has 146 valence electrons. The maximum absolute atomic E-state index is 13.0. The van der Waals surface area contributed by atoms with E-state index in [1.807, 2.05) is 35.8 Å². The Morgan fingerprint density at radius 1 is 1.11 bits per heavy atom. The number of thiophene rings is 1. The second-order valence-corrected chi connectivity index (χ2v) is 8.43. The van der Waals surface area contributed by atoms with E-state index in [1.165, 1.54) is 0 Å². The highest BCUT2D eigenvalue weighted by atomic mass is 35.5. The minimum absolute atomic E-state index is 0. The molecule has 1 atom stereocenters. The van der Waals surface area contributed by atoms with Crippen molar-refractivity contribution in [1.82, 2.24) is 15.1 Å². The summed E-state index contributed by atoms with van der Waals surface area (Å²) < 4.78 is 1.16. The third kappa shape index (κ3) is 3.71. The number of hydrogen-bond acceptors (Lipinski definition) is 4. The minimum Gasteiger partial charge on any atom is -0.339 e. The fourth-order valence-corrected chi connectivity index (χ4v) is 4.98. The average Bonchev–Trinajstić information content (AvgIpc) is 2.96. The highest BCUT2D eigenvalue weighted by Gasteiger charge is 2.34. The molecule has 2 amide bonds. The topological polar surface area (TPSA) is 52.7 Å². The lowest BCUT2D eigenvalue weighted by Crippen LogP contribution is -2.55. The van der Waals surface area contributed by atoms with E-state index in [2.05, 4.69) is 17.4 Å². The minimum atomic E-state index is 0. The molecule has 1 aromatic heterocycles. The molecule has 2 aliphatic heterocycles. The second kappa shape index (κ2) is 8.17. The molecule has 4 rings (SSSR count). The van der Waals surface area contributed by atoms with E-state index in [1.54, 1.807) is 11.3 Å². The molecular formula is C20H26ClN3O2S. The number of amides is 2. The first kappa shape index (κ1) is 20.1. The lowest BCUT2D eigenvalue weighted by molar-refractivity contribution is -0.138. The quantitative estimate of drug-likeness (QED) is 0.851. The molecular weight excluding hydrogens is 382 g/mol. The molecule has 27 heavy (non-hydrogen) atoms. The number of fused-ring (bicyclic) bond motifs is 1. The Hall–Kier alpha value is -1.63. The zero-order valence-corrected chi connectivity index (χ0v) is 17.4. The Kier molecular flexibility index (Phi) is 6.08. The van der Waals surface area contributed by atoms with Gasteiger partial charge in [0, 0.05) is 36.8 Å². The van der Waals surface area contributed by atoms with Crippen molar-refractivity contribution >= 4 is 45.6 Å². The summed E-state index contributed by atoms with van der Waals surface area (Å²) in [4.78, 5) is 30.3. The van der Waals surface area contributed by atoms with Crippen LogP contribution in [0.3, 0.4) is 0 Å². The molecule has 2 fully saturated rings. The van der Waals surface area contributed by atoms with Crippen molar-refractivity contribution < 1.29 is 9.59 Å². The van der Waals surface area contributed by atoms with Gasteiger partial charge < -0.3 is 15.1 Å². The molecule has 5 nitrogen and oxygen atoms in total. The van der Waals surface area contributed by atoms with Gasteiger partial charge in [0.1, 0.15) is 0 Å². The van der Waals surface area contributed by atoms with E-state index in [0.29, 0.717) is 32.1 Å². The Labute approximate surface area is 170 Å². The van der Waals surface area contributed by atoms with Gasteiger partial charge in [-0.3, -0.25) is 9.59 Å². The Morgan fingerprint density at radius 3 is 2.33 bits per heavy atom. The van der Waals surface area contributed by atoms with Crippen molar-refractivity contribution in [3.05, 3.63) is 34.7 Å². The molecule has 0 aliphatic carbocycles. The zero-order chi connectivity index (χ0) is 18.3. The number of nitrogens with one attached hydrogen (secondary N) is 1. The van der Waals surface area contributed by atoms with Crippen molar-refractivity contribution in [1.29, 1.82) is 0 Å². The first-order valence-electron chi connectivity index (χ1n) is 9.33. The van der Waals surface area contributed by atoms with E-state index in [0.717, 1.165) is 33.6 Å². The van der Waals surface area contributed by atoms with E-state index in [-0.39, 0.29) is 30.1 Å². The first-order valence-corrected chi connectivity index (χ1v) is 10.1. The van der Waals surface area contributed by atoms with Crippen LogP contribution in [0.4, 0.5) is 0 Å². The van der Waals surface area contributed by atoms with Crippen LogP contribution in [0.25, 0.3) is 10.1 Å². The zero-order valence-electron chi connectivity index (χ0n) is 15.7. The molecule has 0 bridgehead atoms. The van der Waals surface area contributed by atoms with E-state index < -0.39 is 0 Å². The van der Waals surface area contributed by atoms with Gasteiger partial charge >= 0.3 is 0 Å². The van der Waals surface area contributed by atoms with E-state index in [4.69, 9.17) is 0 Å². The Morgan fingerprint density at radius 2 is 1.74 bits per heavy atom. The van der Waals surface area contributed by atoms with Gasteiger partial charge in [-0.05, 0) is 42.9 Å². The highest BCUT2D eigenvalue weighted by Crippen LogP contribution is 2.31. The van der Waals surface area contributed by atoms with Crippen molar-refractivity contribution in [3.8, 4) is 0 Å². The normalized spacial score (nSPS) is 18.7. The molecule has 2 saturated heterocycles. The van der Waals surface area contributed by atoms with Crippen LogP contribution in [-0.4, -0.2) is 60.9 Å². The summed E-state index contributed by atoms with van der Waals surface area (Å²) in [5.74, 6) is 0.875. The van der Waals surface area contributed by atoms with Crippen LogP contribution in [0.2, 0.25) is 0 Å². The van der Waals surface area contributed by atoms with Crippen molar-refractivity contribution in [2.24, 2.45) is 11.8 Å². The molecule has 7 heteroatoms. The van der Waals surface area contributed by atoms with Crippen molar-refractivity contribution in [2.45, 2.75) is 13.8 Å². The highest BCUT2D eigenvalue weighted by molar-refractivity contribution is 7.21. The van der Waals surface area contributed by atoms with Crippen LogP contribution in [0, 0.1) is 18.8 Å². The summed E-state index contributed by atoms with van der Waals surface area (Å²) in [7, 11) is 0. The Bertz CT molecular complexity index is 841. The standard InChI is InChI=1S/C20H25N3O2S.ClH/c1-13(15-11-21-12-15)19(24)22-7-9-23(10-8-22)20(25)18-14(2)16-5-3-4-6-17(16)26-18;/h3-6,13,15,21H,7-12H2,1-2H3;1H. The lowest BCUT2D eigenvalue weighted by Gasteiger charge is -2.39. The molecule has 0 radical (unpaired) electrons. The number of carbonyl (C=O) groups is 2. The van der Waals surface area contributed by atoms with Gasteiger partial charge in [0.2, 0.25) is 5.91 Å². The van der Waals surface area contributed by atoms with Gasteiger partial charge in [-0.15, -0.1) is 23.7 Å². The number of aryl methyl sites for hydroxylation is 1. The fraction of sp³-hybridized carbons (Fsp3) is 0.500. The molecule has 0 saturated carbocycles. The summed E-state index contributed by atoms with van der Waals surface area (Å²) >= 11 is 1.57. The summed E-state index contributed by atoms with van der Waals surface area (Å²) in [6.07, 6.45) is 0. The largest absolute Gasteiger partial charge is 0.339 e. The van der Waals surface area contributed by atoms with Crippen LogP contribution in [0.1, 0.15) is 22.2 Å². The average molecular weight is 408 g/mol. The number of piperazine rings is 1. The maximum Gasteiger partial charge on any atom is 0.264 e. The van der Waals surface area contributed by atoms with Crippen LogP contribution in [0.15, 0.2) is 24.3 Å². The van der Waals surface area contributed by atoms with Gasteiger partial charge in [-0.2, -0.15) is 0 Å². The third-order valence-electron chi connectivity index (χ3n) is 5.83. The number of halogens is 1.